The number of rotatable bonds is 4. The Hall–Kier alpha value is -6.42. The van der Waals surface area contributed by atoms with Crippen molar-refractivity contribution in [3.8, 4) is 44.5 Å². The number of hydrogen-bond acceptors (Lipinski definition) is 3. The van der Waals surface area contributed by atoms with Crippen molar-refractivity contribution in [2.24, 2.45) is 0 Å². The zero-order valence-electron chi connectivity index (χ0n) is 29.2. The van der Waals surface area contributed by atoms with Crippen LogP contribution in [0.2, 0.25) is 0 Å². The Bertz CT molecular complexity index is 3150. The highest BCUT2D eigenvalue weighted by atomic mass is 32.1. The van der Waals surface area contributed by atoms with Crippen molar-refractivity contribution >= 4 is 74.6 Å². The Kier molecular flexibility index (Phi) is 6.58. The lowest BCUT2D eigenvalue weighted by Crippen LogP contribution is -1.91. The Morgan fingerprint density at radius 3 is 1.11 bits per heavy atom. The molecule has 0 aliphatic carbocycles. The molecule has 53 heavy (non-hydrogen) atoms. The van der Waals surface area contributed by atoms with E-state index in [4.69, 9.17) is 8.83 Å². The third-order valence-electron chi connectivity index (χ3n) is 11.2. The third kappa shape index (κ3) is 4.32. The van der Waals surface area contributed by atoms with E-state index in [-0.39, 0.29) is 0 Å². The van der Waals surface area contributed by atoms with E-state index in [1.807, 2.05) is 36.4 Å². The third-order valence-corrected chi connectivity index (χ3v) is 12.4. The van der Waals surface area contributed by atoms with E-state index in [2.05, 4.69) is 147 Å². The fourth-order valence-electron chi connectivity index (χ4n) is 8.90. The molecule has 3 heteroatoms. The van der Waals surface area contributed by atoms with Gasteiger partial charge in [0.2, 0.25) is 0 Å². The van der Waals surface area contributed by atoms with Gasteiger partial charge in [0.1, 0.15) is 0 Å². The first-order valence-corrected chi connectivity index (χ1v) is 18.9. The largest absolute Gasteiger partial charge is 0.472 e. The molecule has 0 radical (unpaired) electrons. The molecule has 0 N–H and O–H groups in total. The van der Waals surface area contributed by atoms with Crippen molar-refractivity contribution in [3.63, 3.8) is 0 Å². The summed E-state index contributed by atoms with van der Waals surface area (Å²) in [4.78, 5) is 0. The highest BCUT2D eigenvalue weighted by Gasteiger charge is 2.23. The maximum absolute atomic E-state index is 5.74. The van der Waals surface area contributed by atoms with E-state index in [0.29, 0.717) is 0 Å². The Labute approximate surface area is 310 Å². The van der Waals surface area contributed by atoms with Gasteiger partial charge in [-0.2, -0.15) is 0 Å². The highest BCUT2D eigenvalue weighted by Crippen LogP contribution is 2.51. The van der Waals surface area contributed by atoms with Gasteiger partial charge >= 0.3 is 0 Å². The van der Waals surface area contributed by atoms with Crippen molar-refractivity contribution in [1.29, 1.82) is 0 Å². The van der Waals surface area contributed by atoms with E-state index < -0.39 is 0 Å². The van der Waals surface area contributed by atoms with Crippen molar-refractivity contribution in [1.82, 2.24) is 0 Å². The topological polar surface area (TPSA) is 26.3 Å². The molecule has 250 valence electrons. The molecule has 3 aromatic heterocycles. The van der Waals surface area contributed by atoms with E-state index in [9.17, 15) is 0 Å². The van der Waals surface area contributed by atoms with Crippen LogP contribution in [0.4, 0.5) is 0 Å². The summed E-state index contributed by atoms with van der Waals surface area (Å²) >= 11 is 1.90. The lowest BCUT2D eigenvalue weighted by molar-refractivity contribution is 0.566. The van der Waals surface area contributed by atoms with Crippen LogP contribution in [0.1, 0.15) is 11.1 Å². The molecule has 11 aromatic rings. The standard InChI is InChI=1S/C50H32O2S/c1-29-25-51-27-42(29)47-35-17-7-3-13-31(35)45(32-14-4-8-18-36(32)47)39-21-12-24-44-49(39)41-23-11-22-40(50(41)53-44)46-33-15-5-9-19-37(33)48(43-28-52-26-30(43)2)38-20-10-6-16-34(38)46/h3-28H,1-2H3. The smallest absolute Gasteiger partial charge is 0.0984 e. The van der Waals surface area contributed by atoms with E-state index >= 15 is 0 Å². The molecule has 0 saturated carbocycles. The van der Waals surface area contributed by atoms with Gasteiger partial charge in [-0.15, -0.1) is 11.3 Å². The SMILES string of the molecule is Cc1cocc1-c1c2ccccc2c(-c2cccc3c2sc2cccc(-c4c5ccccc5c(-c5cocc5C)c5ccccc45)c23)c2ccccc12. The monoisotopic (exact) mass is 696 g/mol. The Morgan fingerprint density at radius 2 is 0.698 bits per heavy atom. The summed E-state index contributed by atoms with van der Waals surface area (Å²) in [5, 5.41) is 12.5. The number of hydrogen-bond donors (Lipinski definition) is 0. The lowest BCUT2D eigenvalue weighted by Gasteiger charge is -2.18. The summed E-state index contributed by atoms with van der Waals surface area (Å²) in [5.74, 6) is 0. The van der Waals surface area contributed by atoms with Crippen LogP contribution < -0.4 is 0 Å². The fourth-order valence-corrected chi connectivity index (χ4v) is 10.2. The second-order valence-corrected chi connectivity index (χ2v) is 15.1. The van der Waals surface area contributed by atoms with Crippen LogP contribution in [-0.4, -0.2) is 0 Å². The second kappa shape index (κ2) is 11.5. The van der Waals surface area contributed by atoms with Gasteiger partial charge in [0.15, 0.2) is 0 Å². The molecule has 0 saturated heterocycles. The van der Waals surface area contributed by atoms with Crippen molar-refractivity contribution < 1.29 is 8.83 Å². The summed E-state index contributed by atoms with van der Waals surface area (Å²) in [5.41, 5.74) is 12.1. The van der Waals surface area contributed by atoms with Crippen LogP contribution in [0.15, 0.2) is 167 Å². The number of aryl methyl sites for hydroxylation is 2. The van der Waals surface area contributed by atoms with Crippen LogP contribution in [0.25, 0.3) is 108 Å². The fraction of sp³-hybridized carbons (Fsp3) is 0.0400. The van der Waals surface area contributed by atoms with Gasteiger partial charge in [0.25, 0.3) is 0 Å². The summed E-state index contributed by atoms with van der Waals surface area (Å²) in [6.45, 7) is 4.26. The summed E-state index contributed by atoms with van der Waals surface area (Å²) < 4.78 is 14.1. The number of furan rings is 2. The normalized spacial score (nSPS) is 12.0. The first-order chi connectivity index (χ1) is 26.2. The predicted molar refractivity (Wildman–Crippen MR) is 225 cm³/mol. The number of benzene rings is 8. The van der Waals surface area contributed by atoms with Gasteiger partial charge in [-0.05, 0) is 90.8 Å². The summed E-state index contributed by atoms with van der Waals surface area (Å²) in [6, 6.07) is 49.2. The van der Waals surface area contributed by atoms with Crippen LogP contribution in [0.5, 0.6) is 0 Å². The van der Waals surface area contributed by atoms with Gasteiger partial charge in [-0.3, -0.25) is 0 Å². The minimum absolute atomic E-state index is 1.14. The molecule has 11 rings (SSSR count). The van der Waals surface area contributed by atoms with Gasteiger partial charge in [0.05, 0.1) is 25.1 Å². The maximum atomic E-state index is 5.74. The highest BCUT2D eigenvalue weighted by molar-refractivity contribution is 7.26. The molecule has 8 aromatic carbocycles. The summed E-state index contributed by atoms with van der Waals surface area (Å²) in [6.07, 6.45) is 7.49. The van der Waals surface area contributed by atoms with Crippen LogP contribution in [0.3, 0.4) is 0 Å². The van der Waals surface area contributed by atoms with Crippen LogP contribution in [-0.2, 0) is 0 Å². The van der Waals surface area contributed by atoms with E-state index in [1.54, 1.807) is 0 Å². The minimum atomic E-state index is 1.14. The lowest BCUT2D eigenvalue weighted by atomic mass is 9.84. The minimum Gasteiger partial charge on any atom is -0.472 e. The molecule has 0 bridgehead atoms. The predicted octanol–water partition coefficient (Wildman–Crippen LogP) is 15.1. The molecule has 0 unspecified atom stereocenters. The molecule has 2 nitrogen and oxygen atoms in total. The number of fused-ring (bicyclic) bond motifs is 7. The molecule has 0 aliphatic rings. The van der Waals surface area contributed by atoms with Crippen LogP contribution >= 0.6 is 11.3 Å². The quantitative estimate of drug-likeness (QED) is 0.171. The first kappa shape index (κ1) is 30.2. The van der Waals surface area contributed by atoms with Gasteiger partial charge in [-0.1, -0.05) is 127 Å². The molecule has 0 amide bonds. The van der Waals surface area contributed by atoms with E-state index in [0.717, 1.165) is 22.3 Å². The van der Waals surface area contributed by atoms with Crippen molar-refractivity contribution in [2.45, 2.75) is 13.8 Å². The average molecular weight is 697 g/mol. The van der Waals surface area contributed by atoms with Crippen molar-refractivity contribution in [2.75, 3.05) is 0 Å². The molecule has 0 spiro atoms. The first-order valence-electron chi connectivity index (χ1n) is 18.1. The molecular formula is C50H32O2S. The van der Waals surface area contributed by atoms with Gasteiger partial charge < -0.3 is 8.83 Å². The summed E-state index contributed by atoms with van der Waals surface area (Å²) in [7, 11) is 0. The molecule has 0 atom stereocenters. The van der Waals surface area contributed by atoms with Crippen LogP contribution in [0, 0.1) is 13.8 Å². The Morgan fingerprint density at radius 1 is 0.340 bits per heavy atom. The zero-order valence-corrected chi connectivity index (χ0v) is 30.1. The second-order valence-electron chi connectivity index (χ2n) is 14.1. The van der Waals surface area contributed by atoms with Gasteiger partial charge in [-0.25, -0.2) is 0 Å². The maximum Gasteiger partial charge on any atom is 0.0984 e. The average Bonchev–Trinajstić information content (AvgIpc) is 3.94. The number of thiophene rings is 1. The zero-order chi connectivity index (χ0) is 35.2. The molecule has 3 heterocycles. The van der Waals surface area contributed by atoms with E-state index in [1.165, 1.54) is 96.6 Å². The molecule has 0 fully saturated rings. The van der Waals surface area contributed by atoms with Gasteiger partial charge in [0, 0.05) is 48.0 Å². The molecular weight excluding hydrogens is 665 g/mol. The Balaban J connectivity index is 1.25. The molecule has 0 aliphatic heterocycles. The van der Waals surface area contributed by atoms with Crippen molar-refractivity contribution in [3.05, 3.63) is 170 Å².